The van der Waals surface area contributed by atoms with Crippen LogP contribution in [0.5, 0.6) is 5.75 Å². The minimum Gasteiger partial charge on any atom is -0.490 e. The summed E-state index contributed by atoms with van der Waals surface area (Å²) in [5.74, 6) is 1.36. The van der Waals surface area contributed by atoms with Crippen molar-refractivity contribution in [2.75, 3.05) is 25.5 Å². The van der Waals surface area contributed by atoms with E-state index in [1.54, 1.807) is 12.1 Å². The van der Waals surface area contributed by atoms with Gasteiger partial charge in [-0.1, -0.05) is 52.6 Å². The lowest BCUT2D eigenvalue weighted by atomic mass is 10.1. The van der Waals surface area contributed by atoms with Gasteiger partial charge in [0, 0.05) is 25.2 Å². The molecular weight excluding hydrogens is 411 g/mol. The third-order valence-electron chi connectivity index (χ3n) is 5.00. The van der Waals surface area contributed by atoms with E-state index in [-0.39, 0.29) is 6.10 Å². The topological polar surface area (TPSA) is 68.1 Å². The van der Waals surface area contributed by atoms with Crippen LogP contribution in [0.4, 0.5) is 5.95 Å². The van der Waals surface area contributed by atoms with Gasteiger partial charge in [0.15, 0.2) is 0 Å². The molecule has 0 amide bonds. The van der Waals surface area contributed by atoms with Crippen LogP contribution in [0, 0.1) is 0 Å². The number of piperidine rings is 1. The van der Waals surface area contributed by atoms with Crippen molar-refractivity contribution in [2.24, 2.45) is 0 Å². The molecule has 0 aliphatic carbocycles. The molecule has 1 fully saturated rings. The Kier molecular flexibility index (Phi) is 6.18. The van der Waals surface area contributed by atoms with Crippen molar-refractivity contribution in [2.45, 2.75) is 25.5 Å². The number of hydrogen-bond acceptors (Lipinski definition) is 6. The lowest BCUT2D eigenvalue weighted by Crippen LogP contribution is -2.35. The molecule has 7 nitrogen and oxygen atoms in total. The number of tetrazole rings is 1. The van der Waals surface area contributed by atoms with E-state index in [4.69, 9.17) is 27.9 Å². The fraction of sp³-hybridized carbons (Fsp3) is 0.350. The Morgan fingerprint density at radius 2 is 1.90 bits per heavy atom. The molecule has 1 aliphatic heterocycles. The lowest BCUT2D eigenvalue weighted by Gasteiger charge is -2.30. The predicted molar refractivity (Wildman–Crippen MR) is 114 cm³/mol. The molecule has 2 aromatic carbocycles. The molecule has 29 heavy (non-hydrogen) atoms. The fourth-order valence-electron chi connectivity index (χ4n) is 3.34. The first kappa shape index (κ1) is 19.9. The Morgan fingerprint density at radius 3 is 2.72 bits per heavy atom. The maximum absolute atomic E-state index is 6.32. The van der Waals surface area contributed by atoms with Crippen molar-refractivity contribution in [3.05, 3.63) is 58.1 Å². The number of ether oxygens (including phenoxy) is 1. The van der Waals surface area contributed by atoms with Gasteiger partial charge in [0.25, 0.3) is 0 Å². The second kappa shape index (κ2) is 8.98. The van der Waals surface area contributed by atoms with Crippen LogP contribution in [0.2, 0.25) is 10.0 Å². The molecule has 0 atom stereocenters. The van der Waals surface area contributed by atoms with Crippen LogP contribution in [0.3, 0.4) is 0 Å². The molecule has 0 unspecified atom stereocenters. The number of para-hydroxylation sites is 1. The smallest absolute Gasteiger partial charge is 0.248 e. The first-order chi connectivity index (χ1) is 14.1. The molecule has 152 valence electrons. The van der Waals surface area contributed by atoms with E-state index in [1.165, 1.54) is 4.68 Å². The SMILES string of the molecule is CN1CCC(Oc2ccccc2CNc2nnnn2-c2cccc(Cl)c2Cl)CC1. The zero-order valence-electron chi connectivity index (χ0n) is 16.1. The van der Waals surface area contributed by atoms with Gasteiger partial charge in [0.2, 0.25) is 5.95 Å². The van der Waals surface area contributed by atoms with Crippen LogP contribution in [-0.2, 0) is 6.54 Å². The number of nitrogens with one attached hydrogen (secondary N) is 1. The Hall–Kier alpha value is -2.35. The molecular formula is C20H22Cl2N6O. The summed E-state index contributed by atoms with van der Waals surface area (Å²) in [4.78, 5) is 2.33. The van der Waals surface area contributed by atoms with Gasteiger partial charge < -0.3 is 15.0 Å². The highest BCUT2D eigenvalue weighted by atomic mass is 35.5. The van der Waals surface area contributed by atoms with E-state index in [1.807, 2.05) is 30.3 Å². The minimum atomic E-state index is 0.239. The van der Waals surface area contributed by atoms with Crippen LogP contribution in [0.25, 0.3) is 5.69 Å². The van der Waals surface area contributed by atoms with Crippen LogP contribution in [-0.4, -0.2) is 51.3 Å². The van der Waals surface area contributed by atoms with Gasteiger partial charge in [-0.2, -0.15) is 4.68 Å². The second-order valence-corrected chi connectivity index (χ2v) is 7.85. The summed E-state index contributed by atoms with van der Waals surface area (Å²) < 4.78 is 7.83. The molecule has 9 heteroatoms. The minimum absolute atomic E-state index is 0.239. The van der Waals surface area contributed by atoms with Crippen LogP contribution in [0.15, 0.2) is 42.5 Å². The zero-order valence-corrected chi connectivity index (χ0v) is 17.6. The van der Waals surface area contributed by atoms with Crippen molar-refractivity contribution in [1.29, 1.82) is 0 Å². The predicted octanol–water partition coefficient (Wildman–Crippen LogP) is 4.05. The number of aromatic nitrogens is 4. The third-order valence-corrected chi connectivity index (χ3v) is 5.81. The average Bonchev–Trinajstić information content (AvgIpc) is 3.19. The second-order valence-electron chi connectivity index (χ2n) is 7.07. The Bertz CT molecular complexity index is 971. The van der Waals surface area contributed by atoms with Crippen molar-refractivity contribution < 1.29 is 4.74 Å². The highest BCUT2D eigenvalue weighted by Crippen LogP contribution is 2.29. The van der Waals surface area contributed by atoms with E-state index in [0.717, 1.165) is 37.2 Å². The monoisotopic (exact) mass is 432 g/mol. The van der Waals surface area contributed by atoms with Gasteiger partial charge in [-0.05, 0) is 48.5 Å². The first-order valence-corrected chi connectivity index (χ1v) is 10.3. The summed E-state index contributed by atoms with van der Waals surface area (Å²) in [5, 5.41) is 16.0. The maximum Gasteiger partial charge on any atom is 0.248 e. The van der Waals surface area contributed by atoms with Crippen LogP contribution in [0.1, 0.15) is 18.4 Å². The molecule has 1 aliphatic rings. The van der Waals surface area contributed by atoms with E-state index >= 15 is 0 Å². The number of benzene rings is 2. The Balaban J connectivity index is 1.48. The number of likely N-dealkylation sites (tertiary alicyclic amines) is 1. The van der Waals surface area contributed by atoms with E-state index in [9.17, 15) is 0 Å². The summed E-state index contributed by atoms with van der Waals surface area (Å²) >= 11 is 12.4. The normalized spacial score (nSPS) is 15.4. The number of halogens is 2. The van der Waals surface area contributed by atoms with Crippen molar-refractivity contribution >= 4 is 29.2 Å². The van der Waals surface area contributed by atoms with Gasteiger partial charge >= 0.3 is 0 Å². The van der Waals surface area contributed by atoms with Gasteiger partial charge in [-0.3, -0.25) is 0 Å². The zero-order chi connectivity index (χ0) is 20.2. The molecule has 1 saturated heterocycles. The molecule has 0 bridgehead atoms. The highest BCUT2D eigenvalue weighted by molar-refractivity contribution is 6.43. The lowest BCUT2D eigenvalue weighted by molar-refractivity contribution is 0.113. The van der Waals surface area contributed by atoms with Gasteiger partial charge in [0.05, 0.1) is 15.7 Å². The molecule has 0 radical (unpaired) electrons. The summed E-state index contributed by atoms with van der Waals surface area (Å²) in [6.07, 6.45) is 2.30. The van der Waals surface area contributed by atoms with Crippen molar-refractivity contribution in [3.63, 3.8) is 0 Å². The summed E-state index contributed by atoms with van der Waals surface area (Å²) in [7, 11) is 2.14. The molecule has 0 saturated carbocycles. The molecule has 1 aromatic heterocycles. The number of hydrogen-bond donors (Lipinski definition) is 1. The van der Waals surface area contributed by atoms with E-state index in [0.29, 0.717) is 28.2 Å². The summed E-state index contributed by atoms with van der Waals surface area (Å²) in [6.45, 7) is 2.63. The summed E-state index contributed by atoms with van der Waals surface area (Å²) in [6, 6.07) is 13.4. The highest BCUT2D eigenvalue weighted by Gasteiger charge is 2.19. The van der Waals surface area contributed by atoms with Crippen LogP contribution >= 0.6 is 23.2 Å². The largest absolute Gasteiger partial charge is 0.490 e. The van der Waals surface area contributed by atoms with Crippen LogP contribution < -0.4 is 10.1 Å². The van der Waals surface area contributed by atoms with Gasteiger partial charge in [-0.25, -0.2) is 0 Å². The van der Waals surface area contributed by atoms with Gasteiger partial charge in [-0.15, -0.1) is 0 Å². The molecule has 3 aromatic rings. The summed E-state index contributed by atoms with van der Waals surface area (Å²) in [5.41, 5.74) is 1.65. The number of anilines is 1. The molecule has 0 spiro atoms. The number of rotatable bonds is 6. The van der Waals surface area contributed by atoms with Crippen molar-refractivity contribution in [1.82, 2.24) is 25.1 Å². The van der Waals surface area contributed by atoms with E-state index in [2.05, 4.69) is 32.8 Å². The fourth-order valence-corrected chi connectivity index (χ4v) is 3.71. The Morgan fingerprint density at radius 1 is 1.10 bits per heavy atom. The standard InChI is InChI=1S/C20H22Cl2N6O/c1-27-11-9-15(10-12-27)29-18-8-3-2-5-14(18)13-23-20-24-25-26-28(20)17-7-4-6-16(21)19(17)22/h2-8,15H,9-13H2,1H3,(H,23,24,26). The average molecular weight is 433 g/mol. The number of nitrogens with zero attached hydrogens (tertiary/aromatic N) is 5. The molecule has 4 rings (SSSR count). The third kappa shape index (κ3) is 4.63. The first-order valence-electron chi connectivity index (χ1n) is 9.51. The van der Waals surface area contributed by atoms with E-state index < -0.39 is 0 Å². The molecule has 1 N–H and O–H groups in total. The van der Waals surface area contributed by atoms with Gasteiger partial charge in [0.1, 0.15) is 11.9 Å². The maximum atomic E-state index is 6.32. The Labute approximate surface area is 179 Å². The van der Waals surface area contributed by atoms with Crippen molar-refractivity contribution in [3.8, 4) is 11.4 Å². The quantitative estimate of drug-likeness (QED) is 0.633. The molecule has 2 heterocycles.